The number of hydrogen-bond donors (Lipinski definition) is 1. The second-order valence-electron chi connectivity index (χ2n) is 2.65. The van der Waals surface area contributed by atoms with Crippen LogP contribution in [0.1, 0.15) is 5.56 Å². The molecule has 0 saturated carbocycles. The molecule has 0 saturated heterocycles. The highest BCUT2D eigenvalue weighted by Crippen LogP contribution is 2.32. The third-order valence-corrected chi connectivity index (χ3v) is 3.34. The van der Waals surface area contributed by atoms with Crippen LogP contribution in [0.25, 0.3) is 10.9 Å². The van der Waals surface area contributed by atoms with Crippen LogP contribution in [0, 0.1) is 6.92 Å². The van der Waals surface area contributed by atoms with E-state index in [0.717, 1.165) is 26.0 Å². The van der Waals surface area contributed by atoms with Gasteiger partial charge in [0, 0.05) is 9.86 Å². The fraction of sp³-hybridized carbons (Fsp3) is 0.125. The summed E-state index contributed by atoms with van der Waals surface area (Å²) in [6.45, 7) is 1.97. The van der Waals surface area contributed by atoms with Crippen LogP contribution in [0.4, 0.5) is 0 Å². The van der Waals surface area contributed by atoms with Gasteiger partial charge in [-0.05, 0) is 34.5 Å². The van der Waals surface area contributed by atoms with Crippen molar-refractivity contribution in [3.63, 3.8) is 0 Å². The van der Waals surface area contributed by atoms with Gasteiger partial charge in [-0.15, -0.1) is 0 Å². The van der Waals surface area contributed by atoms with Gasteiger partial charge in [-0.2, -0.15) is 5.10 Å². The molecular formula is C8H6BrClN2. The van der Waals surface area contributed by atoms with E-state index in [0.29, 0.717) is 0 Å². The topological polar surface area (TPSA) is 28.7 Å². The predicted molar refractivity (Wildman–Crippen MR) is 53.5 cm³/mol. The van der Waals surface area contributed by atoms with Crippen LogP contribution < -0.4 is 0 Å². The lowest BCUT2D eigenvalue weighted by Crippen LogP contribution is -1.78. The van der Waals surface area contributed by atoms with Crippen molar-refractivity contribution in [1.29, 1.82) is 0 Å². The van der Waals surface area contributed by atoms with Gasteiger partial charge in [-0.1, -0.05) is 11.6 Å². The Hall–Kier alpha value is -0.540. The molecule has 2 nitrogen and oxygen atoms in total. The fourth-order valence-electron chi connectivity index (χ4n) is 1.15. The minimum absolute atomic E-state index is 0.754. The zero-order valence-corrected chi connectivity index (χ0v) is 8.70. The molecule has 0 atom stereocenters. The summed E-state index contributed by atoms with van der Waals surface area (Å²) in [5, 5.41) is 8.59. The zero-order chi connectivity index (χ0) is 8.72. The van der Waals surface area contributed by atoms with Gasteiger partial charge in [0.05, 0.1) is 16.7 Å². The molecule has 0 aliphatic carbocycles. The summed E-state index contributed by atoms with van der Waals surface area (Å²) >= 11 is 9.44. The summed E-state index contributed by atoms with van der Waals surface area (Å²) in [6, 6.07) is 1.98. The molecule has 12 heavy (non-hydrogen) atoms. The van der Waals surface area contributed by atoms with Gasteiger partial charge in [0.1, 0.15) is 0 Å². The van der Waals surface area contributed by atoms with E-state index in [1.165, 1.54) is 0 Å². The second kappa shape index (κ2) is 2.75. The lowest BCUT2D eigenvalue weighted by Gasteiger charge is -2.00. The molecule has 2 rings (SSSR count). The number of aromatic amines is 1. The maximum absolute atomic E-state index is 6.03. The minimum Gasteiger partial charge on any atom is -0.278 e. The van der Waals surface area contributed by atoms with Crippen molar-refractivity contribution in [1.82, 2.24) is 10.2 Å². The Balaban J connectivity index is 2.94. The van der Waals surface area contributed by atoms with E-state index < -0.39 is 0 Å². The van der Waals surface area contributed by atoms with Crippen LogP contribution in [-0.4, -0.2) is 10.2 Å². The summed E-state index contributed by atoms with van der Waals surface area (Å²) < 4.78 is 0.910. The molecule has 2 aromatic rings. The first-order chi connectivity index (χ1) is 5.70. The van der Waals surface area contributed by atoms with Gasteiger partial charge in [0.25, 0.3) is 0 Å². The molecule has 1 aromatic carbocycles. The van der Waals surface area contributed by atoms with Crippen molar-refractivity contribution in [2.45, 2.75) is 6.92 Å². The zero-order valence-electron chi connectivity index (χ0n) is 6.36. The number of halogens is 2. The van der Waals surface area contributed by atoms with Crippen LogP contribution in [0.3, 0.4) is 0 Å². The van der Waals surface area contributed by atoms with E-state index in [4.69, 9.17) is 11.6 Å². The second-order valence-corrected chi connectivity index (χ2v) is 3.82. The van der Waals surface area contributed by atoms with Crippen molar-refractivity contribution < 1.29 is 0 Å². The lowest BCUT2D eigenvalue weighted by molar-refractivity contribution is 1.12. The van der Waals surface area contributed by atoms with E-state index in [2.05, 4.69) is 26.1 Å². The first-order valence-electron chi connectivity index (χ1n) is 3.48. The molecule has 0 fully saturated rings. The summed E-state index contributed by atoms with van der Waals surface area (Å²) in [5.74, 6) is 0. The van der Waals surface area contributed by atoms with E-state index in [-0.39, 0.29) is 0 Å². The van der Waals surface area contributed by atoms with Gasteiger partial charge in [0.2, 0.25) is 0 Å². The lowest BCUT2D eigenvalue weighted by atomic mass is 10.2. The van der Waals surface area contributed by atoms with Crippen LogP contribution in [-0.2, 0) is 0 Å². The highest BCUT2D eigenvalue weighted by atomic mass is 79.9. The van der Waals surface area contributed by atoms with Crippen molar-refractivity contribution in [3.8, 4) is 0 Å². The Morgan fingerprint density at radius 1 is 1.58 bits per heavy atom. The maximum Gasteiger partial charge on any atom is 0.0665 e. The Labute approximate surface area is 83.0 Å². The summed E-state index contributed by atoms with van der Waals surface area (Å²) in [4.78, 5) is 0. The molecular weight excluding hydrogens is 239 g/mol. The molecule has 0 amide bonds. The van der Waals surface area contributed by atoms with Gasteiger partial charge in [0.15, 0.2) is 0 Å². The molecule has 0 aliphatic heterocycles. The number of fused-ring (bicyclic) bond motifs is 1. The monoisotopic (exact) mass is 244 g/mol. The third kappa shape index (κ3) is 1.04. The standard InChI is InChI=1S/C8H6BrClN2/c1-4-2-6-5(3-11-12-6)7(9)8(4)10/h2-3H,1H3,(H,11,12). The fourth-order valence-corrected chi connectivity index (χ4v) is 1.94. The van der Waals surface area contributed by atoms with Gasteiger partial charge < -0.3 is 0 Å². The van der Waals surface area contributed by atoms with Crippen LogP contribution in [0.15, 0.2) is 16.7 Å². The van der Waals surface area contributed by atoms with Crippen LogP contribution >= 0.6 is 27.5 Å². The molecule has 62 valence electrons. The van der Waals surface area contributed by atoms with Gasteiger partial charge in [-0.3, -0.25) is 5.10 Å². The van der Waals surface area contributed by atoms with E-state index >= 15 is 0 Å². The Bertz CT molecular complexity index is 436. The molecule has 0 aliphatic rings. The summed E-state index contributed by atoms with van der Waals surface area (Å²) in [6.07, 6.45) is 1.75. The number of nitrogens with one attached hydrogen (secondary N) is 1. The average molecular weight is 246 g/mol. The molecule has 0 unspecified atom stereocenters. The van der Waals surface area contributed by atoms with Crippen LogP contribution in [0.5, 0.6) is 0 Å². The summed E-state index contributed by atoms with van der Waals surface area (Å²) in [5.41, 5.74) is 2.05. The Kier molecular flexibility index (Phi) is 1.85. The summed E-state index contributed by atoms with van der Waals surface area (Å²) in [7, 11) is 0. The first-order valence-corrected chi connectivity index (χ1v) is 4.65. The highest BCUT2D eigenvalue weighted by molar-refractivity contribution is 9.10. The molecule has 1 heterocycles. The van der Waals surface area contributed by atoms with E-state index in [1.54, 1.807) is 6.20 Å². The number of aryl methyl sites for hydroxylation is 1. The SMILES string of the molecule is Cc1cc2[nH]ncc2c(Br)c1Cl. The average Bonchev–Trinajstić information content (AvgIpc) is 2.48. The molecule has 0 spiro atoms. The van der Waals surface area contributed by atoms with Crippen molar-refractivity contribution >= 4 is 38.4 Å². The minimum atomic E-state index is 0.754. The highest BCUT2D eigenvalue weighted by Gasteiger charge is 2.07. The smallest absolute Gasteiger partial charge is 0.0665 e. The number of benzene rings is 1. The van der Waals surface area contributed by atoms with Gasteiger partial charge in [-0.25, -0.2) is 0 Å². The van der Waals surface area contributed by atoms with Crippen LogP contribution in [0.2, 0.25) is 5.02 Å². The number of nitrogens with zero attached hydrogens (tertiary/aromatic N) is 1. The predicted octanol–water partition coefficient (Wildman–Crippen LogP) is 3.29. The number of rotatable bonds is 0. The van der Waals surface area contributed by atoms with Crippen molar-refractivity contribution in [2.24, 2.45) is 0 Å². The quantitative estimate of drug-likeness (QED) is 0.758. The van der Waals surface area contributed by atoms with Gasteiger partial charge >= 0.3 is 0 Å². The Morgan fingerprint density at radius 2 is 2.33 bits per heavy atom. The molecule has 1 N–H and O–H groups in total. The maximum atomic E-state index is 6.03. The molecule has 1 aromatic heterocycles. The third-order valence-electron chi connectivity index (χ3n) is 1.81. The van der Waals surface area contributed by atoms with Crippen molar-refractivity contribution in [2.75, 3.05) is 0 Å². The number of H-pyrrole nitrogens is 1. The largest absolute Gasteiger partial charge is 0.278 e. The van der Waals surface area contributed by atoms with E-state index in [1.807, 2.05) is 13.0 Å². The molecule has 0 bridgehead atoms. The number of aromatic nitrogens is 2. The molecule has 0 radical (unpaired) electrons. The normalized spacial score (nSPS) is 10.9. The first kappa shape index (κ1) is 8.08. The van der Waals surface area contributed by atoms with E-state index in [9.17, 15) is 0 Å². The Morgan fingerprint density at radius 3 is 3.08 bits per heavy atom. The van der Waals surface area contributed by atoms with Crippen molar-refractivity contribution in [3.05, 3.63) is 27.3 Å². The number of hydrogen-bond acceptors (Lipinski definition) is 1. The molecule has 4 heteroatoms.